The van der Waals surface area contributed by atoms with Crippen LogP contribution in [-0.4, -0.2) is 50.3 Å². The van der Waals surface area contributed by atoms with Gasteiger partial charge in [0.15, 0.2) is 0 Å². The quantitative estimate of drug-likeness (QED) is 0.630. The maximum atomic E-state index is 5.29. The zero-order valence-corrected chi connectivity index (χ0v) is 14.2. The molecule has 0 aromatic carbocycles. The third kappa shape index (κ3) is 6.11. The highest BCUT2D eigenvalue weighted by Crippen LogP contribution is 2.28. The third-order valence-corrected chi connectivity index (χ3v) is 4.85. The van der Waals surface area contributed by atoms with Crippen molar-refractivity contribution in [1.29, 1.82) is 0 Å². The van der Waals surface area contributed by atoms with Gasteiger partial charge in [0.05, 0.1) is 6.61 Å². The van der Waals surface area contributed by atoms with Crippen LogP contribution >= 0.6 is 0 Å². The third-order valence-electron chi connectivity index (χ3n) is 4.85. The largest absolute Gasteiger partial charge is 0.383 e. The molecule has 0 amide bonds. The van der Waals surface area contributed by atoms with Gasteiger partial charge in [-0.25, -0.2) is 0 Å². The molecule has 1 rings (SSSR count). The van der Waals surface area contributed by atoms with Crippen LogP contribution < -0.4 is 5.32 Å². The molecule has 0 aromatic rings. The number of rotatable bonds is 11. The van der Waals surface area contributed by atoms with Gasteiger partial charge in [0.25, 0.3) is 0 Å². The van der Waals surface area contributed by atoms with Crippen molar-refractivity contribution < 1.29 is 4.74 Å². The van der Waals surface area contributed by atoms with Crippen LogP contribution in [0.25, 0.3) is 0 Å². The lowest BCUT2D eigenvalue weighted by Gasteiger charge is -2.35. The number of nitrogens with one attached hydrogen (secondary N) is 1. The molecule has 0 aliphatic heterocycles. The Morgan fingerprint density at radius 1 is 1.25 bits per heavy atom. The second-order valence-electron chi connectivity index (χ2n) is 6.35. The second-order valence-corrected chi connectivity index (χ2v) is 6.35. The average molecular weight is 284 g/mol. The second kappa shape index (κ2) is 10.6. The average Bonchev–Trinajstić information content (AvgIpc) is 3.00. The van der Waals surface area contributed by atoms with Crippen molar-refractivity contribution in [3.63, 3.8) is 0 Å². The van der Waals surface area contributed by atoms with Crippen LogP contribution in [0.3, 0.4) is 0 Å². The Balaban J connectivity index is 2.56. The summed E-state index contributed by atoms with van der Waals surface area (Å²) < 4.78 is 5.29. The fourth-order valence-electron chi connectivity index (χ4n) is 3.28. The zero-order chi connectivity index (χ0) is 14.8. The van der Waals surface area contributed by atoms with E-state index in [-0.39, 0.29) is 0 Å². The van der Waals surface area contributed by atoms with Gasteiger partial charge in [0.2, 0.25) is 0 Å². The van der Waals surface area contributed by atoms with E-state index < -0.39 is 0 Å². The first-order valence-electron chi connectivity index (χ1n) is 8.69. The van der Waals surface area contributed by atoms with Crippen LogP contribution in [0.5, 0.6) is 0 Å². The normalized spacial score (nSPS) is 19.6. The van der Waals surface area contributed by atoms with E-state index in [1.54, 1.807) is 7.11 Å². The molecule has 3 nitrogen and oxygen atoms in total. The van der Waals surface area contributed by atoms with Crippen LogP contribution in [0, 0.1) is 5.92 Å². The molecule has 0 bridgehead atoms. The molecule has 1 aliphatic carbocycles. The summed E-state index contributed by atoms with van der Waals surface area (Å²) >= 11 is 0. The zero-order valence-electron chi connectivity index (χ0n) is 14.2. The minimum atomic E-state index is 0.650. The molecular formula is C17H36N2O. The molecule has 1 fully saturated rings. The van der Waals surface area contributed by atoms with Gasteiger partial charge in [-0.1, -0.05) is 26.7 Å². The molecule has 0 spiro atoms. The molecule has 120 valence electrons. The van der Waals surface area contributed by atoms with E-state index in [1.165, 1.54) is 45.1 Å². The summed E-state index contributed by atoms with van der Waals surface area (Å²) in [5.74, 6) is 0.885. The molecule has 2 unspecified atom stereocenters. The highest BCUT2D eigenvalue weighted by atomic mass is 16.5. The molecule has 1 saturated carbocycles. The van der Waals surface area contributed by atoms with Crippen molar-refractivity contribution >= 4 is 0 Å². The van der Waals surface area contributed by atoms with Gasteiger partial charge in [-0.05, 0) is 45.1 Å². The van der Waals surface area contributed by atoms with Crippen LogP contribution in [0.1, 0.15) is 59.3 Å². The van der Waals surface area contributed by atoms with E-state index >= 15 is 0 Å². The summed E-state index contributed by atoms with van der Waals surface area (Å²) in [6.07, 6.45) is 8.13. The van der Waals surface area contributed by atoms with E-state index in [4.69, 9.17) is 4.74 Å². The Labute approximate surface area is 126 Å². The van der Waals surface area contributed by atoms with Gasteiger partial charge >= 0.3 is 0 Å². The van der Waals surface area contributed by atoms with Gasteiger partial charge in [-0.2, -0.15) is 0 Å². The van der Waals surface area contributed by atoms with Crippen molar-refractivity contribution in [2.45, 2.75) is 71.4 Å². The number of methoxy groups -OCH3 is 1. The summed E-state index contributed by atoms with van der Waals surface area (Å²) in [7, 11) is 1.80. The minimum absolute atomic E-state index is 0.650. The van der Waals surface area contributed by atoms with E-state index in [2.05, 4.69) is 31.0 Å². The summed E-state index contributed by atoms with van der Waals surface area (Å²) in [4.78, 5) is 2.62. The Hall–Kier alpha value is -0.120. The lowest BCUT2D eigenvalue weighted by molar-refractivity contribution is 0.106. The first kappa shape index (κ1) is 17.9. The molecule has 3 heteroatoms. The standard InChI is InChI=1S/C17H36N2O/c1-5-11-18-17(16-9-7-8-10-16)14-19(12-13-20-4)15(3)6-2/h15-18H,5-14H2,1-4H3. The Morgan fingerprint density at radius 2 is 1.95 bits per heavy atom. The monoisotopic (exact) mass is 284 g/mol. The number of nitrogens with zero attached hydrogens (tertiary/aromatic N) is 1. The van der Waals surface area contributed by atoms with Gasteiger partial charge in [-0.3, -0.25) is 4.90 Å². The lowest BCUT2D eigenvalue weighted by Crippen LogP contribution is -2.48. The first-order chi connectivity index (χ1) is 9.72. The van der Waals surface area contributed by atoms with E-state index in [0.717, 1.165) is 25.6 Å². The molecular weight excluding hydrogens is 248 g/mol. The SMILES string of the molecule is CCCNC(CN(CCOC)C(C)CC)C1CCCC1. The van der Waals surface area contributed by atoms with Crippen LogP contribution in [-0.2, 0) is 4.74 Å². The van der Waals surface area contributed by atoms with E-state index in [9.17, 15) is 0 Å². The highest BCUT2D eigenvalue weighted by Gasteiger charge is 2.27. The number of hydrogen-bond acceptors (Lipinski definition) is 3. The summed E-state index contributed by atoms with van der Waals surface area (Å²) in [5, 5.41) is 3.81. The maximum Gasteiger partial charge on any atom is 0.0589 e. The molecule has 1 N–H and O–H groups in total. The van der Waals surface area contributed by atoms with Gasteiger partial charge in [0.1, 0.15) is 0 Å². The van der Waals surface area contributed by atoms with Crippen molar-refractivity contribution in [2.75, 3.05) is 33.4 Å². The minimum Gasteiger partial charge on any atom is -0.383 e. The Morgan fingerprint density at radius 3 is 2.50 bits per heavy atom. The van der Waals surface area contributed by atoms with Crippen molar-refractivity contribution in [3.8, 4) is 0 Å². The maximum absolute atomic E-state index is 5.29. The molecule has 0 saturated heterocycles. The molecule has 20 heavy (non-hydrogen) atoms. The van der Waals surface area contributed by atoms with Crippen LogP contribution in [0.15, 0.2) is 0 Å². The van der Waals surface area contributed by atoms with E-state index in [1.807, 2.05) is 0 Å². The summed E-state index contributed by atoms with van der Waals surface area (Å²) in [6.45, 7) is 11.1. The van der Waals surface area contributed by atoms with Crippen LogP contribution in [0.4, 0.5) is 0 Å². The Bertz CT molecular complexity index is 229. The molecule has 0 heterocycles. The van der Waals surface area contributed by atoms with Crippen molar-refractivity contribution in [3.05, 3.63) is 0 Å². The van der Waals surface area contributed by atoms with Crippen LogP contribution in [0.2, 0.25) is 0 Å². The van der Waals surface area contributed by atoms with Crippen molar-refractivity contribution in [1.82, 2.24) is 10.2 Å². The van der Waals surface area contributed by atoms with Gasteiger partial charge in [0, 0.05) is 32.3 Å². The molecule has 1 aliphatic rings. The summed E-state index contributed by atoms with van der Waals surface area (Å²) in [5.41, 5.74) is 0. The smallest absolute Gasteiger partial charge is 0.0589 e. The Kier molecular flexibility index (Phi) is 9.49. The summed E-state index contributed by atoms with van der Waals surface area (Å²) in [6, 6.07) is 1.32. The predicted octanol–water partition coefficient (Wildman–Crippen LogP) is 3.29. The van der Waals surface area contributed by atoms with Gasteiger partial charge in [-0.15, -0.1) is 0 Å². The molecule has 0 radical (unpaired) electrons. The van der Waals surface area contributed by atoms with Gasteiger partial charge < -0.3 is 10.1 Å². The number of hydrogen-bond donors (Lipinski definition) is 1. The molecule has 0 aromatic heterocycles. The fraction of sp³-hybridized carbons (Fsp3) is 1.00. The van der Waals surface area contributed by atoms with Crippen molar-refractivity contribution in [2.24, 2.45) is 5.92 Å². The fourth-order valence-corrected chi connectivity index (χ4v) is 3.28. The predicted molar refractivity (Wildman–Crippen MR) is 87.2 cm³/mol. The first-order valence-corrected chi connectivity index (χ1v) is 8.69. The topological polar surface area (TPSA) is 24.5 Å². The number of ether oxygens (including phenoxy) is 1. The lowest BCUT2D eigenvalue weighted by atomic mass is 9.96. The van der Waals surface area contributed by atoms with E-state index in [0.29, 0.717) is 12.1 Å². The molecule has 2 atom stereocenters. The highest BCUT2D eigenvalue weighted by molar-refractivity contribution is 4.84.